The monoisotopic (exact) mass is 638 g/mol. The third-order valence-electron chi connectivity index (χ3n) is 9.45. The number of aliphatic hydroxyl groups is 2. The Morgan fingerprint density at radius 2 is 1.37 bits per heavy atom. The molecule has 1 aromatic rings. The number of aliphatic hydroxyl groups excluding tert-OH is 2. The molecule has 1 aromatic carbocycles. The molecule has 5 atom stereocenters. The fourth-order valence-corrected chi connectivity index (χ4v) is 6.99. The Kier molecular flexibility index (Phi) is 15.9. The molecule has 43 heavy (non-hydrogen) atoms. The van der Waals surface area contributed by atoms with Gasteiger partial charge in [-0.3, -0.25) is 0 Å². The first kappa shape index (κ1) is 40.0. The van der Waals surface area contributed by atoms with Crippen molar-refractivity contribution in [3.8, 4) is 5.75 Å². The van der Waals surface area contributed by atoms with Crippen molar-refractivity contribution >= 4 is 16.6 Å². The van der Waals surface area contributed by atoms with E-state index in [2.05, 4.69) is 94.6 Å². The van der Waals surface area contributed by atoms with E-state index < -0.39 is 28.8 Å². The number of ether oxygens (including phenoxy) is 2. The van der Waals surface area contributed by atoms with Gasteiger partial charge in [0.1, 0.15) is 5.75 Å². The Morgan fingerprint density at radius 3 is 1.86 bits per heavy atom. The quantitative estimate of drug-likeness (QED) is 0.124. The summed E-state index contributed by atoms with van der Waals surface area (Å²) in [4.78, 5) is 0. The van der Waals surface area contributed by atoms with Gasteiger partial charge in [0.25, 0.3) is 0 Å². The first-order valence-electron chi connectivity index (χ1n) is 16.2. The Bertz CT molecular complexity index is 947. The molecule has 0 fully saturated rings. The molecule has 8 heteroatoms. The Hall–Kier alpha value is -1.01. The molecule has 0 aromatic heterocycles. The van der Waals surface area contributed by atoms with Gasteiger partial charge in [0, 0.05) is 13.0 Å². The Balaban J connectivity index is 2.85. The summed E-state index contributed by atoms with van der Waals surface area (Å²) in [7, 11) is -2.16. The van der Waals surface area contributed by atoms with Crippen molar-refractivity contribution in [2.24, 2.45) is 11.8 Å². The van der Waals surface area contributed by atoms with Crippen LogP contribution in [0.1, 0.15) is 87.1 Å². The van der Waals surface area contributed by atoms with Crippen LogP contribution in [0.25, 0.3) is 0 Å². The second kappa shape index (κ2) is 17.1. The summed E-state index contributed by atoms with van der Waals surface area (Å²) < 4.78 is 24.8. The summed E-state index contributed by atoms with van der Waals surface area (Å²) in [5.41, 5.74) is 1.04. The summed E-state index contributed by atoms with van der Waals surface area (Å²) in [6.45, 7) is 30.1. The van der Waals surface area contributed by atoms with Crippen molar-refractivity contribution < 1.29 is 28.5 Å². The lowest BCUT2D eigenvalue weighted by Gasteiger charge is -2.42. The predicted octanol–water partition coefficient (Wildman–Crippen LogP) is 8.73. The minimum absolute atomic E-state index is 0.0749. The highest BCUT2D eigenvalue weighted by atomic mass is 28.4. The van der Waals surface area contributed by atoms with Crippen molar-refractivity contribution in [3.63, 3.8) is 0 Å². The van der Waals surface area contributed by atoms with Gasteiger partial charge >= 0.3 is 0 Å². The Labute approximate surface area is 266 Å². The van der Waals surface area contributed by atoms with Crippen LogP contribution >= 0.6 is 0 Å². The van der Waals surface area contributed by atoms with E-state index in [4.69, 9.17) is 18.3 Å². The molecule has 2 N–H and O–H groups in total. The summed E-state index contributed by atoms with van der Waals surface area (Å²) in [6, 6.07) is 7.84. The van der Waals surface area contributed by atoms with Crippen molar-refractivity contribution in [1.29, 1.82) is 0 Å². The lowest BCUT2D eigenvalue weighted by molar-refractivity contribution is -0.0153. The summed E-state index contributed by atoms with van der Waals surface area (Å²) in [6.07, 6.45) is 3.68. The number of benzene rings is 1. The highest BCUT2D eigenvalue weighted by Gasteiger charge is 2.40. The molecule has 0 aliphatic heterocycles. The van der Waals surface area contributed by atoms with Gasteiger partial charge in [0.15, 0.2) is 16.6 Å². The fourth-order valence-electron chi connectivity index (χ4n) is 4.40. The summed E-state index contributed by atoms with van der Waals surface area (Å²) >= 11 is 0. The molecule has 0 radical (unpaired) electrons. The topological polar surface area (TPSA) is 77.4 Å². The van der Waals surface area contributed by atoms with Crippen LogP contribution < -0.4 is 4.74 Å². The lowest BCUT2D eigenvalue weighted by atomic mass is 9.93. The van der Waals surface area contributed by atoms with Crippen molar-refractivity contribution in [2.75, 3.05) is 13.7 Å². The largest absolute Gasteiger partial charge is 0.497 e. The van der Waals surface area contributed by atoms with Crippen molar-refractivity contribution in [2.45, 2.75) is 149 Å². The maximum Gasteiger partial charge on any atom is 0.192 e. The van der Waals surface area contributed by atoms with Gasteiger partial charge in [0.05, 0.1) is 38.1 Å². The highest BCUT2D eigenvalue weighted by molar-refractivity contribution is 6.74. The molecule has 0 unspecified atom stereocenters. The number of hydrogen-bond acceptors (Lipinski definition) is 6. The molecule has 0 aliphatic carbocycles. The first-order chi connectivity index (χ1) is 19.6. The molecule has 0 heterocycles. The predicted molar refractivity (Wildman–Crippen MR) is 186 cm³/mol. The van der Waals surface area contributed by atoms with E-state index in [-0.39, 0.29) is 34.6 Å². The zero-order valence-electron chi connectivity index (χ0n) is 30.0. The third-order valence-corrected chi connectivity index (χ3v) is 18.5. The van der Waals surface area contributed by atoms with Crippen LogP contribution in [0.3, 0.4) is 0 Å². The molecule has 0 aliphatic rings. The maximum atomic E-state index is 11.0. The minimum Gasteiger partial charge on any atom is -0.497 e. The molecule has 0 spiro atoms. The zero-order chi connectivity index (χ0) is 33.2. The lowest BCUT2D eigenvalue weighted by Crippen LogP contribution is -2.46. The van der Waals surface area contributed by atoms with Crippen LogP contribution in [-0.2, 0) is 20.2 Å². The summed E-state index contributed by atoms with van der Waals surface area (Å²) in [5.74, 6) is 1.31. The number of hydrogen-bond donors (Lipinski definition) is 2. The van der Waals surface area contributed by atoms with Gasteiger partial charge in [-0.2, -0.15) is 0 Å². The molecule has 250 valence electrons. The maximum absolute atomic E-state index is 11.0. The highest BCUT2D eigenvalue weighted by Crippen LogP contribution is 2.39. The Morgan fingerprint density at radius 1 is 0.814 bits per heavy atom. The SMILES string of the molecule is COc1ccc(CO[C@@H](CCO[Si](C)(C)C(C)(C)C)C[C@@H](O)C[C@@H](O)C=C[C@H](C)[C@@H](O[Si](C)(C)C(C)(C)C)C(C)C)cc1. The molecular weight excluding hydrogens is 573 g/mol. The van der Waals surface area contributed by atoms with Crippen LogP contribution in [0.2, 0.25) is 36.3 Å². The van der Waals surface area contributed by atoms with E-state index in [9.17, 15) is 10.2 Å². The minimum atomic E-state index is -1.93. The van der Waals surface area contributed by atoms with Crippen LogP contribution in [0.4, 0.5) is 0 Å². The van der Waals surface area contributed by atoms with Gasteiger partial charge in [-0.15, -0.1) is 0 Å². The molecule has 0 saturated heterocycles. The number of methoxy groups -OCH3 is 1. The summed E-state index contributed by atoms with van der Waals surface area (Å²) in [5, 5.41) is 22.1. The van der Waals surface area contributed by atoms with Crippen molar-refractivity contribution in [3.05, 3.63) is 42.0 Å². The molecule has 0 bridgehead atoms. The van der Waals surface area contributed by atoms with E-state index in [1.165, 1.54) is 0 Å². The van der Waals surface area contributed by atoms with Gasteiger partial charge < -0.3 is 28.5 Å². The normalized spacial score (nSPS) is 17.2. The number of rotatable bonds is 18. The van der Waals surface area contributed by atoms with E-state index in [0.717, 1.165) is 11.3 Å². The molecule has 0 saturated carbocycles. The molecular formula is C35H66O6Si2. The van der Waals surface area contributed by atoms with E-state index in [1.54, 1.807) is 7.11 Å². The van der Waals surface area contributed by atoms with Crippen LogP contribution in [0.15, 0.2) is 36.4 Å². The second-order valence-corrected chi connectivity index (χ2v) is 25.3. The second-order valence-electron chi connectivity index (χ2n) is 15.7. The zero-order valence-corrected chi connectivity index (χ0v) is 32.0. The molecule has 1 rings (SSSR count). The van der Waals surface area contributed by atoms with Gasteiger partial charge in [-0.1, -0.05) is 86.6 Å². The molecule has 0 amide bonds. The fraction of sp³-hybridized carbons (Fsp3) is 0.771. The third kappa shape index (κ3) is 13.9. The average Bonchev–Trinajstić information content (AvgIpc) is 2.87. The van der Waals surface area contributed by atoms with E-state index >= 15 is 0 Å². The van der Waals surface area contributed by atoms with Gasteiger partial charge in [-0.25, -0.2) is 0 Å². The average molecular weight is 639 g/mol. The van der Waals surface area contributed by atoms with Crippen LogP contribution in [0, 0.1) is 11.8 Å². The van der Waals surface area contributed by atoms with Crippen LogP contribution in [-0.4, -0.2) is 65.0 Å². The van der Waals surface area contributed by atoms with E-state index in [1.807, 2.05) is 30.3 Å². The standard InChI is InChI=1S/C35H66O6Si2/c1-26(2)33(41-43(13,14)35(7,8)9)27(3)15-18-29(36)23-30(37)24-32(21-22-40-42(11,12)34(4,5)6)39-25-28-16-19-31(38-10)20-17-28/h15-20,26-27,29-30,32-33,36-37H,21-25H2,1-14H3/t27-,29-,30-,32-,33-/m0/s1. The van der Waals surface area contributed by atoms with Gasteiger partial charge in [0.2, 0.25) is 0 Å². The van der Waals surface area contributed by atoms with Crippen molar-refractivity contribution in [1.82, 2.24) is 0 Å². The van der Waals surface area contributed by atoms with Gasteiger partial charge in [-0.05, 0) is 78.6 Å². The molecule has 6 nitrogen and oxygen atoms in total. The smallest absolute Gasteiger partial charge is 0.192 e. The van der Waals surface area contributed by atoms with E-state index in [0.29, 0.717) is 32.0 Å². The van der Waals surface area contributed by atoms with Crippen LogP contribution in [0.5, 0.6) is 5.75 Å². The first-order valence-corrected chi connectivity index (χ1v) is 22.0.